The van der Waals surface area contributed by atoms with Crippen LogP contribution in [-0.4, -0.2) is 35.2 Å². The zero-order chi connectivity index (χ0) is 17.8. The Morgan fingerprint density at radius 3 is 2.56 bits per heavy atom. The van der Waals surface area contributed by atoms with E-state index >= 15 is 0 Å². The summed E-state index contributed by atoms with van der Waals surface area (Å²) >= 11 is 0. The molecule has 0 unspecified atom stereocenters. The average molecular weight is 343 g/mol. The van der Waals surface area contributed by atoms with Crippen LogP contribution in [0.3, 0.4) is 0 Å². The van der Waals surface area contributed by atoms with Gasteiger partial charge in [0.1, 0.15) is 12.4 Å². The van der Waals surface area contributed by atoms with E-state index < -0.39 is 29.7 Å². The Kier molecular flexibility index (Phi) is 4.97. The molecule has 130 valence electrons. The number of carboxylic acids is 1. The van der Waals surface area contributed by atoms with E-state index in [0.29, 0.717) is 5.56 Å². The van der Waals surface area contributed by atoms with Crippen molar-refractivity contribution in [3.63, 3.8) is 0 Å². The standard InChI is InChI=1S/C19H18FNO4/c20-15-8-4-7-14(9-15)16-10-21(11-17(16)18(22)23)19(24)25-12-13-5-2-1-3-6-13/h1-9,16-17H,10-12H2,(H,22,23)/t16-,17-/m0/s1. The first-order chi connectivity index (χ1) is 12.0. The number of hydrogen-bond acceptors (Lipinski definition) is 3. The van der Waals surface area contributed by atoms with E-state index in [1.807, 2.05) is 30.3 Å². The van der Waals surface area contributed by atoms with Crippen LogP contribution >= 0.6 is 0 Å². The first-order valence-electron chi connectivity index (χ1n) is 7.98. The molecule has 1 fully saturated rings. The molecule has 1 heterocycles. The second kappa shape index (κ2) is 7.34. The van der Waals surface area contributed by atoms with Gasteiger partial charge in [-0.15, -0.1) is 0 Å². The van der Waals surface area contributed by atoms with Crippen LogP contribution in [0.2, 0.25) is 0 Å². The van der Waals surface area contributed by atoms with Gasteiger partial charge in [0.2, 0.25) is 0 Å². The molecule has 0 radical (unpaired) electrons. The van der Waals surface area contributed by atoms with Gasteiger partial charge < -0.3 is 14.7 Å². The number of carbonyl (C=O) groups excluding carboxylic acids is 1. The lowest BCUT2D eigenvalue weighted by Crippen LogP contribution is -2.30. The lowest BCUT2D eigenvalue weighted by Gasteiger charge is -2.16. The number of ether oxygens (including phenoxy) is 1. The first kappa shape index (κ1) is 17.0. The Hall–Kier alpha value is -2.89. The van der Waals surface area contributed by atoms with Gasteiger partial charge in [0.25, 0.3) is 0 Å². The number of nitrogens with zero attached hydrogens (tertiary/aromatic N) is 1. The quantitative estimate of drug-likeness (QED) is 0.925. The van der Waals surface area contributed by atoms with Gasteiger partial charge in [-0.3, -0.25) is 4.79 Å². The number of hydrogen-bond donors (Lipinski definition) is 1. The van der Waals surface area contributed by atoms with E-state index in [0.717, 1.165) is 5.56 Å². The number of halogens is 1. The summed E-state index contributed by atoms with van der Waals surface area (Å²) in [6, 6.07) is 15.1. The predicted molar refractivity (Wildman–Crippen MR) is 88.5 cm³/mol. The summed E-state index contributed by atoms with van der Waals surface area (Å²) in [6.07, 6.45) is -0.561. The average Bonchev–Trinajstić information content (AvgIpc) is 3.06. The van der Waals surface area contributed by atoms with Crippen molar-refractivity contribution in [2.45, 2.75) is 12.5 Å². The topological polar surface area (TPSA) is 66.8 Å². The van der Waals surface area contributed by atoms with Gasteiger partial charge in [0.15, 0.2) is 0 Å². The molecule has 1 aliphatic heterocycles. The zero-order valence-electron chi connectivity index (χ0n) is 13.5. The molecule has 6 heteroatoms. The van der Waals surface area contributed by atoms with Crippen LogP contribution in [0.4, 0.5) is 9.18 Å². The van der Waals surface area contributed by atoms with Crippen molar-refractivity contribution in [1.29, 1.82) is 0 Å². The van der Waals surface area contributed by atoms with Crippen LogP contribution in [0.25, 0.3) is 0 Å². The SMILES string of the molecule is O=C(O)[C@H]1CN(C(=O)OCc2ccccc2)C[C@H]1c1cccc(F)c1. The summed E-state index contributed by atoms with van der Waals surface area (Å²) in [5, 5.41) is 9.45. The smallest absolute Gasteiger partial charge is 0.410 e. The molecular formula is C19H18FNO4. The summed E-state index contributed by atoms with van der Waals surface area (Å²) in [4.78, 5) is 25.2. The number of aliphatic carboxylic acids is 1. The van der Waals surface area contributed by atoms with E-state index in [-0.39, 0.29) is 19.7 Å². The fraction of sp³-hybridized carbons (Fsp3) is 0.263. The third kappa shape index (κ3) is 3.96. The molecule has 1 aliphatic rings. The number of likely N-dealkylation sites (tertiary alicyclic amines) is 1. The molecule has 5 nitrogen and oxygen atoms in total. The Labute approximate surface area is 144 Å². The number of carboxylic acid groups (broad SMARTS) is 1. The third-order valence-corrected chi connectivity index (χ3v) is 4.38. The van der Waals surface area contributed by atoms with Crippen molar-refractivity contribution in [1.82, 2.24) is 4.90 Å². The Morgan fingerprint density at radius 1 is 1.12 bits per heavy atom. The Bertz CT molecular complexity index is 765. The summed E-state index contributed by atoms with van der Waals surface area (Å²) in [5.74, 6) is -2.68. The zero-order valence-corrected chi connectivity index (χ0v) is 13.5. The highest BCUT2D eigenvalue weighted by molar-refractivity contribution is 5.75. The second-order valence-electron chi connectivity index (χ2n) is 6.05. The lowest BCUT2D eigenvalue weighted by molar-refractivity contribution is -0.141. The molecule has 0 bridgehead atoms. The Balaban J connectivity index is 1.69. The molecule has 3 rings (SSSR count). The van der Waals surface area contributed by atoms with Gasteiger partial charge in [-0.1, -0.05) is 42.5 Å². The molecule has 2 aromatic carbocycles. The highest BCUT2D eigenvalue weighted by atomic mass is 19.1. The minimum atomic E-state index is -1.01. The van der Waals surface area contributed by atoms with E-state index in [1.54, 1.807) is 12.1 Å². The van der Waals surface area contributed by atoms with Crippen molar-refractivity contribution in [3.05, 3.63) is 71.5 Å². The highest BCUT2D eigenvalue weighted by Crippen LogP contribution is 2.33. The summed E-state index contributed by atoms with van der Waals surface area (Å²) in [5.41, 5.74) is 1.43. The lowest BCUT2D eigenvalue weighted by atomic mass is 9.89. The molecular weight excluding hydrogens is 325 g/mol. The van der Waals surface area contributed by atoms with E-state index in [9.17, 15) is 19.1 Å². The van der Waals surface area contributed by atoms with E-state index in [2.05, 4.69) is 0 Å². The molecule has 25 heavy (non-hydrogen) atoms. The minimum Gasteiger partial charge on any atom is -0.481 e. The summed E-state index contributed by atoms with van der Waals surface area (Å²) in [7, 11) is 0. The number of carbonyl (C=O) groups is 2. The summed E-state index contributed by atoms with van der Waals surface area (Å²) < 4.78 is 18.7. The molecule has 1 saturated heterocycles. The summed E-state index contributed by atoms with van der Waals surface area (Å²) in [6.45, 7) is 0.358. The molecule has 0 aromatic heterocycles. The number of amides is 1. The monoisotopic (exact) mass is 343 g/mol. The molecule has 0 saturated carbocycles. The highest BCUT2D eigenvalue weighted by Gasteiger charge is 2.41. The molecule has 2 atom stereocenters. The maximum absolute atomic E-state index is 13.5. The van der Waals surface area contributed by atoms with Gasteiger partial charge in [-0.25, -0.2) is 9.18 Å². The van der Waals surface area contributed by atoms with E-state index in [1.165, 1.54) is 17.0 Å². The first-order valence-corrected chi connectivity index (χ1v) is 7.98. The molecule has 0 spiro atoms. The Morgan fingerprint density at radius 2 is 1.88 bits per heavy atom. The maximum Gasteiger partial charge on any atom is 0.410 e. The van der Waals surface area contributed by atoms with Crippen LogP contribution < -0.4 is 0 Å². The van der Waals surface area contributed by atoms with Crippen LogP contribution in [0.15, 0.2) is 54.6 Å². The van der Waals surface area contributed by atoms with Crippen molar-refractivity contribution < 1.29 is 23.8 Å². The minimum absolute atomic E-state index is 0.0458. The largest absolute Gasteiger partial charge is 0.481 e. The third-order valence-electron chi connectivity index (χ3n) is 4.38. The maximum atomic E-state index is 13.5. The van der Waals surface area contributed by atoms with Crippen LogP contribution in [0.1, 0.15) is 17.0 Å². The predicted octanol–water partition coefficient (Wildman–Crippen LogP) is 3.26. The van der Waals surface area contributed by atoms with Gasteiger partial charge in [0.05, 0.1) is 5.92 Å². The van der Waals surface area contributed by atoms with E-state index in [4.69, 9.17) is 4.74 Å². The van der Waals surface area contributed by atoms with Gasteiger partial charge in [0, 0.05) is 19.0 Å². The number of benzene rings is 2. The van der Waals surface area contributed by atoms with Crippen molar-refractivity contribution >= 4 is 12.1 Å². The van der Waals surface area contributed by atoms with Crippen LogP contribution in [-0.2, 0) is 16.1 Å². The number of rotatable bonds is 4. The molecule has 0 aliphatic carbocycles. The van der Waals surface area contributed by atoms with Crippen LogP contribution in [0.5, 0.6) is 0 Å². The van der Waals surface area contributed by atoms with Crippen molar-refractivity contribution in [3.8, 4) is 0 Å². The fourth-order valence-electron chi connectivity index (χ4n) is 3.09. The molecule has 1 amide bonds. The second-order valence-corrected chi connectivity index (χ2v) is 6.05. The van der Waals surface area contributed by atoms with Crippen molar-refractivity contribution in [2.75, 3.05) is 13.1 Å². The fourth-order valence-corrected chi connectivity index (χ4v) is 3.09. The van der Waals surface area contributed by atoms with Gasteiger partial charge in [-0.05, 0) is 23.3 Å². The molecule has 2 aromatic rings. The van der Waals surface area contributed by atoms with Gasteiger partial charge >= 0.3 is 12.1 Å². The normalized spacial score (nSPS) is 19.6. The molecule has 1 N–H and O–H groups in total. The van der Waals surface area contributed by atoms with Crippen LogP contribution in [0, 0.1) is 11.7 Å². The van der Waals surface area contributed by atoms with Gasteiger partial charge in [-0.2, -0.15) is 0 Å². The van der Waals surface area contributed by atoms with Crippen molar-refractivity contribution in [2.24, 2.45) is 5.92 Å².